The van der Waals surface area contributed by atoms with Crippen molar-refractivity contribution < 1.29 is 14.6 Å². The molecule has 0 unspecified atom stereocenters. The van der Waals surface area contributed by atoms with Crippen molar-refractivity contribution >= 4 is 0 Å². The molecule has 0 bridgehead atoms. The third-order valence-corrected chi connectivity index (χ3v) is 2.65. The number of rotatable bonds is 7. The summed E-state index contributed by atoms with van der Waals surface area (Å²) >= 11 is 0. The molecule has 0 fully saturated rings. The molecule has 0 radical (unpaired) electrons. The number of ether oxygens (including phenoxy) is 2. The zero-order chi connectivity index (χ0) is 13.5. The van der Waals surface area contributed by atoms with E-state index in [0.717, 1.165) is 11.5 Å². The fourth-order valence-corrected chi connectivity index (χ4v) is 1.63. The van der Waals surface area contributed by atoms with Gasteiger partial charge in [0.25, 0.3) is 0 Å². The lowest BCUT2D eigenvalue weighted by Gasteiger charge is -2.22. The molecular formula is C14H23NO3. The van der Waals surface area contributed by atoms with E-state index < -0.39 is 6.10 Å². The van der Waals surface area contributed by atoms with Crippen molar-refractivity contribution in [3.8, 4) is 11.5 Å². The maximum Gasteiger partial charge on any atom is 0.119 e. The molecule has 0 aliphatic rings. The third kappa shape index (κ3) is 4.94. The molecule has 0 spiro atoms. The van der Waals surface area contributed by atoms with Crippen LogP contribution in [0.5, 0.6) is 11.5 Å². The lowest BCUT2D eigenvalue weighted by molar-refractivity contribution is 0.0759. The van der Waals surface area contributed by atoms with Crippen LogP contribution >= 0.6 is 0 Å². The molecule has 1 rings (SSSR count). The zero-order valence-electron chi connectivity index (χ0n) is 11.5. The smallest absolute Gasteiger partial charge is 0.119 e. The Morgan fingerprint density at radius 2 is 1.67 bits per heavy atom. The van der Waals surface area contributed by atoms with Crippen molar-refractivity contribution in [3.63, 3.8) is 0 Å². The fourth-order valence-electron chi connectivity index (χ4n) is 1.63. The van der Waals surface area contributed by atoms with Gasteiger partial charge in [-0.05, 0) is 31.2 Å². The quantitative estimate of drug-likeness (QED) is 0.778. The molecule has 0 aliphatic carbocycles. The van der Waals surface area contributed by atoms with Crippen LogP contribution in [0, 0.1) is 0 Å². The second-order valence-corrected chi connectivity index (χ2v) is 4.66. The summed E-state index contributed by atoms with van der Waals surface area (Å²) in [6, 6.07) is 7.66. The summed E-state index contributed by atoms with van der Waals surface area (Å²) in [5.74, 6) is 1.52. The fraction of sp³-hybridized carbons (Fsp3) is 0.571. The van der Waals surface area contributed by atoms with Crippen LogP contribution in [0.3, 0.4) is 0 Å². The number of aliphatic hydroxyl groups excluding tert-OH is 1. The topological polar surface area (TPSA) is 50.7 Å². The zero-order valence-corrected chi connectivity index (χ0v) is 11.5. The molecule has 0 saturated carbocycles. The van der Waals surface area contributed by atoms with Gasteiger partial charge in [-0.2, -0.15) is 0 Å². The van der Waals surface area contributed by atoms with E-state index in [9.17, 15) is 5.11 Å². The Bertz CT molecular complexity index is 337. The Labute approximate surface area is 109 Å². The Morgan fingerprint density at radius 1 is 1.11 bits per heavy atom. The molecule has 0 heterocycles. The van der Waals surface area contributed by atoms with Crippen molar-refractivity contribution in [1.82, 2.24) is 5.32 Å². The lowest BCUT2D eigenvalue weighted by atomic mass is 10.2. The summed E-state index contributed by atoms with van der Waals surface area (Å²) in [4.78, 5) is 0. The standard InChI is InChI=1S/C14H23NO3/c1-10(2)15-11(3)14(16)9-18-13-7-5-12(17-4)6-8-13/h5-8,10-11,14-16H,9H2,1-4H3/t11-,14+/m1/s1. The first-order chi connectivity index (χ1) is 8.52. The van der Waals surface area contributed by atoms with Crippen molar-refractivity contribution in [2.45, 2.75) is 39.0 Å². The van der Waals surface area contributed by atoms with Gasteiger partial charge in [-0.3, -0.25) is 0 Å². The van der Waals surface area contributed by atoms with Gasteiger partial charge in [0.2, 0.25) is 0 Å². The van der Waals surface area contributed by atoms with Crippen LogP contribution in [0.2, 0.25) is 0 Å². The van der Waals surface area contributed by atoms with Crippen LogP contribution in [0.4, 0.5) is 0 Å². The van der Waals surface area contributed by atoms with Crippen molar-refractivity contribution in [2.75, 3.05) is 13.7 Å². The van der Waals surface area contributed by atoms with Gasteiger partial charge < -0.3 is 19.9 Å². The average Bonchev–Trinajstić information content (AvgIpc) is 2.35. The van der Waals surface area contributed by atoms with Crippen LogP contribution < -0.4 is 14.8 Å². The van der Waals surface area contributed by atoms with Crippen LogP contribution in [-0.4, -0.2) is 37.0 Å². The second kappa shape index (κ2) is 7.24. The van der Waals surface area contributed by atoms with Crippen LogP contribution in [0.15, 0.2) is 24.3 Å². The summed E-state index contributed by atoms with van der Waals surface area (Å²) in [7, 11) is 1.62. The van der Waals surface area contributed by atoms with Gasteiger partial charge in [0.15, 0.2) is 0 Å². The van der Waals surface area contributed by atoms with Gasteiger partial charge in [-0.1, -0.05) is 13.8 Å². The van der Waals surface area contributed by atoms with Crippen LogP contribution in [0.1, 0.15) is 20.8 Å². The van der Waals surface area contributed by atoms with E-state index in [-0.39, 0.29) is 12.6 Å². The van der Waals surface area contributed by atoms with Crippen LogP contribution in [0.25, 0.3) is 0 Å². The molecule has 0 saturated heterocycles. The van der Waals surface area contributed by atoms with E-state index in [1.54, 1.807) is 7.11 Å². The molecule has 1 aromatic rings. The number of aliphatic hydroxyl groups is 1. The molecule has 1 aromatic carbocycles. The highest BCUT2D eigenvalue weighted by Gasteiger charge is 2.15. The summed E-state index contributed by atoms with van der Waals surface area (Å²) in [6.07, 6.45) is -0.533. The first-order valence-electron chi connectivity index (χ1n) is 6.24. The first-order valence-corrected chi connectivity index (χ1v) is 6.24. The minimum absolute atomic E-state index is 0.00301. The molecule has 0 aliphatic heterocycles. The van der Waals surface area contributed by atoms with E-state index in [2.05, 4.69) is 5.32 Å². The summed E-state index contributed by atoms with van der Waals surface area (Å²) < 4.78 is 10.6. The van der Waals surface area contributed by atoms with Crippen molar-refractivity contribution in [2.24, 2.45) is 0 Å². The molecule has 4 nitrogen and oxygen atoms in total. The van der Waals surface area contributed by atoms with Gasteiger partial charge in [-0.25, -0.2) is 0 Å². The Morgan fingerprint density at radius 3 is 2.17 bits per heavy atom. The molecule has 4 heteroatoms. The molecule has 2 atom stereocenters. The summed E-state index contributed by atoms with van der Waals surface area (Å²) in [5.41, 5.74) is 0. The minimum atomic E-state index is -0.533. The number of benzene rings is 1. The highest BCUT2D eigenvalue weighted by atomic mass is 16.5. The molecule has 2 N–H and O–H groups in total. The minimum Gasteiger partial charge on any atom is -0.497 e. The number of hydrogen-bond donors (Lipinski definition) is 2. The summed E-state index contributed by atoms with van der Waals surface area (Å²) in [6.45, 7) is 6.32. The SMILES string of the molecule is COc1ccc(OC[C@H](O)[C@@H](C)NC(C)C)cc1. The maximum absolute atomic E-state index is 9.92. The van der Waals surface area contributed by atoms with Crippen LogP contribution in [-0.2, 0) is 0 Å². The van der Waals surface area contributed by atoms with Gasteiger partial charge in [0.05, 0.1) is 7.11 Å². The van der Waals surface area contributed by atoms with Gasteiger partial charge >= 0.3 is 0 Å². The van der Waals surface area contributed by atoms with Crippen molar-refractivity contribution in [1.29, 1.82) is 0 Å². The highest BCUT2D eigenvalue weighted by Crippen LogP contribution is 2.17. The third-order valence-electron chi connectivity index (χ3n) is 2.65. The number of nitrogens with one attached hydrogen (secondary N) is 1. The average molecular weight is 253 g/mol. The second-order valence-electron chi connectivity index (χ2n) is 4.66. The van der Waals surface area contributed by atoms with Crippen molar-refractivity contribution in [3.05, 3.63) is 24.3 Å². The normalized spacial score (nSPS) is 14.3. The highest BCUT2D eigenvalue weighted by molar-refractivity contribution is 5.31. The van der Waals surface area contributed by atoms with Gasteiger partial charge in [0.1, 0.15) is 24.2 Å². The first kappa shape index (κ1) is 14.8. The predicted molar refractivity (Wildman–Crippen MR) is 72.2 cm³/mol. The Hall–Kier alpha value is -1.26. The van der Waals surface area contributed by atoms with E-state index >= 15 is 0 Å². The molecule has 18 heavy (non-hydrogen) atoms. The number of methoxy groups -OCH3 is 1. The predicted octanol–water partition coefficient (Wildman–Crippen LogP) is 1.82. The van der Waals surface area contributed by atoms with E-state index in [1.807, 2.05) is 45.0 Å². The molecule has 102 valence electrons. The lowest BCUT2D eigenvalue weighted by Crippen LogP contribution is -2.43. The summed E-state index contributed by atoms with van der Waals surface area (Å²) in [5, 5.41) is 13.2. The van der Waals surface area contributed by atoms with E-state index in [4.69, 9.17) is 9.47 Å². The molecule has 0 amide bonds. The van der Waals surface area contributed by atoms with E-state index in [1.165, 1.54) is 0 Å². The monoisotopic (exact) mass is 253 g/mol. The number of hydrogen-bond acceptors (Lipinski definition) is 4. The van der Waals surface area contributed by atoms with E-state index in [0.29, 0.717) is 6.04 Å². The molecular weight excluding hydrogens is 230 g/mol. The Kier molecular flexibility index (Phi) is 5.95. The Balaban J connectivity index is 2.39. The van der Waals surface area contributed by atoms with Gasteiger partial charge in [-0.15, -0.1) is 0 Å². The molecule has 0 aromatic heterocycles. The largest absolute Gasteiger partial charge is 0.497 e. The van der Waals surface area contributed by atoms with Gasteiger partial charge in [0, 0.05) is 12.1 Å². The maximum atomic E-state index is 9.92.